The van der Waals surface area contributed by atoms with Gasteiger partial charge in [-0.05, 0) is 13.0 Å². The van der Waals surface area contributed by atoms with E-state index in [-0.39, 0.29) is 22.5 Å². The van der Waals surface area contributed by atoms with Gasteiger partial charge in [0.2, 0.25) is 5.91 Å². The molecule has 0 radical (unpaired) electrons. The molecule has 0 saturated heterocycles. The monoisotopic (exact) mass is 238 g/mol. The average Bonchev–Trinajstić information content (AvgIpc) is 2.19. The standard InChI is InChI=1S/C10H10N2O5/c1-5-8(11-6(2)13)3-7(10(14)15)4-9(5)12(16)17/h3-4H,1-2H3,(H,11,13)(H,14,15). The molecule has 1 amide bonds. The highest BCUT2D eigenvalue weighted by atomic mass is 16.6. The van der Waals surface area contributed by atoms with Crippen molar-refractivity contribution in [3.8, 4) is 0 Å². The number of carbonyl (C=O) groups excluding carboxylic acids is 1. The Hall–Kier alpha value is -2.44. The number of rotatable bonds is 3. The Kier molecular flexibility index (Phi) is 3.42. The van der Waals surface area contributed by atoms with Gasteiger partial charge in [-0.2, -0.15) is 0 Å². The summed E-state index contributed by atoms with van der Waals surface area (Å²) in [7, 11) is 0. The van der Waals surface area contributed by atoms with Gasteiger partial charge in [0, 0.05) is 13.0 Å². The molecule has 7 nitrogen and oxygen atoms in total. The largest absolute Gasteiger partial charge is 0.478 e. The van der Waals surface area contributed by atoms with Crippen LogP contribution < -0.4 is 5.32 Å². The number of carbonyl (C=O) groups is 2. The summed E-state index contributed by atoms with van der Waals surface area (Å²) in [6, 6.07) is 2.15. The number of aromatic carboxylic acids is 1. The summed E-state index contributed by atoms with van der Waals surface area (Å²) < 4.78 is 0. The van der Waals surface area contributed by atoms with Crippen molar-refractivity contribution in [1.29, 1.82) is 0 Å². The van der Waals surface area contributed by atoms with Crippen LogP contribution in [0.2, 0.25) is 0 Å². The van der Waals surface area contributed by atoms with Gasteiger partial charge in [-0.1, -0.05) is 0 Å². The van der Waals surface area contributed by atoms with Crippen LogP contribution in [0, 0.1) is 17.0 Å². The highest BCUT2D eigenvalue weighted by molar-refractivity contribution is 5.95. The van der Waals surface area contributed by atoms with Crippen LogP contribution in [-0.4, -0.2) is 21.9 Å². The van der Waals surface area contributed by atoms with Crippen LogP contribution in [0.25, 0.3) is 0 Å². The third kappa shape index (κ3) is 2.77. The fourth-order valence-corrected chi connectivity index (χ4v) is 1.33. The van der Waals surface area contributed by atoms with Crippen molar-refractivity contribution in [1.82, 2.24) is 0 Å². The van der Waals surface area contributed by atoms with Crippen LogP contribution in [0.1, 0.15) is 22.8 Å². The van der Waals surface area contributed by atoms with Crippen molar-refractivity contribution >= 4 is 23.3 Å². The number of benzene rings is 1. The second-order valence-corrected chi connectivity index (χ2v) is 3.41. The Labute approximate surface area is 96.2 Å². The molecule has 0 bridgehead atoms. The molecule has 0 unspecified atom stereocenters. The Bertz CT molecular complexity index is 510. The number of carboxylic acid groups (broad SMARTS) is 1. The van der Waals surface area contributed by atoms with Crippen molar-refractivity contribution < 1.29 is 19.6 Å². The molecule has 1 rings (SSSR count). The van der Waals surface area contributed by atoms with Crippen molar-refractivity contribution in [2.75, 3.05) is 5.32 Å². The van der Waals surface area contributed by atoms with Crippen molar-refractivity contribution in [2.24, 2.45) is 0 Å². The number of amides is 1. The van der Waals surface area contributed by atoms with E-state index in [0.29, 0.717) is 0 Å². The molecule has 0 spiro atoms. The first-order valence-corrected chi connectivity index (χ1v) is 4.63. The average molecular weight is 238 g/mol. The number of carboxylic acids is 1. The van der Waals surface area contributed by atoms with Crippen molar-refractivity contribution in [3.63, 3.8) is 0 Å². The van der Waals surface area contributed by atoms with Crippen LogP contribution in [0.15, 0.2) is 12.1 Å². The fraction of sp³-hybridized carbons (Fsp3) is 0.200. The highest BCUT2D eigenvalue weighted by Gasteiger charge is 2.19. The predicted molar refractivity (Wildman–Crippen MR) is 59.1 cm³/mol. The molecule has 0 fully saturated rings. The van der Waals surface area contributed by atoms with Gasteiger partial charge in [0.05, 0.1) is 21.7 Å². The Morgan fingerprint density at radius 2 is 2.00 bits per heavy atom. The molecule has 0 atom stereocenters. The van der Waals surface area contributed by atoms with Crippen LogP contribution >= 0.6 is 0 Å². The lowest BCUT2D eigenvalue weighted by Crippen LogP contribution is -2.10. The predicted octanol–water partition coefficient (Wildman–Crippen LogP) is 1.56. The third-order valence-corrected chi connectivity index (χ3v) is 2.13. The molecule has 2 N–H and O–H groups in total. The zero-order valence-electron chi connectivity index (χ0n) is 9.18. The molecule has 0 saturated carbocycles. The van der Waals surface area contributed by atoms with Crippen molar-refractivity contribution in [2.45, 2.75) is 13.8 Å². The van der Waals surface area contributed by atoms with Crippen LogP contribution in [-0.2, 0) is 4.79 Å². The summed E-state index contributed by atoms with van der Waals surface area (Å²) in [5.41, 5.74) is -0.237. The Morgan fingerprint density at radius 3 is 2.41 bits per heavy atom. The number of hydrogen-bond donors (Lipinski definition) is 2. The lowest BCUT2D eigenvalue weighted by atomic mass is 10.1. The van der Waals surface area contributed by atoms with Crippen molar-refractivity contribution in [3.05, 3.63) is 33.4 Å². The number of hydrogen-bond acceptors (Lipinski definition) is 4. The second kappa shape index (κ2) is 4.60. The third-order valence-electron chi connectivity index (χ3n) is 2.13. The summed E-state index contributed by atoms with van der Waals surface area (Å²) >= 11 is 0. The maximum absolute atomic E-state index is 10.9. The van der Waals surface area contributed by atoms with Gasteiger partial charge in [0.25, 0.3) is 5.69 Å². The smallest absolute Gasteiger partial charge is 0.336 e. The van der Waals surface area contributed by atoms with Gasteiger partial charge < -0.3 is 10.4 Å². The molecule has 1 aromatic rings. The Morgan fingerprint density at radius 1 is 1.41 bits per heavy atom. The molecule has 17 heavy (non-hydrogen) atoms. The van der Waals surface area contributed by atoms with Crippen LogP contribution in [0.3, 0.4) is 0 Å². The lowest BCUT2D eigenvalue weighted by molar-refractivity contribution is -0.385. The number of nitro groups is 1. The first-order valence-electron chi connectivity index (χ1n) is 4.63. The molecule has 0 aliphatic rings. The van der Waals surface area contributed by atoms with Gasteiger partial charge >= 0.3 is 5.97 Å². The molecule has 7 heteroatoms. The molecule has 0 aliphatic carbocycles. The first kappa shape index (κ1) is 12.6. The van der Waals surface area contributed by atoms with E-state index in [1.807, 2.05) is 0 Å². The minimum absolute atomic E-state index is 0.129. The normalized spacial score (nSPS) is 9.76. The molecule has 90 valence electrons. The molecular formula is C10H10N2O5. The summed E-state index contributed by atoms with van der Waals surface area (Å²) in [6.07, 6.45) is 0. The van der Waals surface area contributed by atoms with E-state index in [1.54, 1.807) is 0 Å². The topological polar surface area (TPSA) is 110 Å². The molecule has 1 aromatic carbocycles. The second-order valence-electron chi connectivity index (χ2n) is 3.41. The summed E-state index contributed by atoms with van der Waals surface area (Å²) in [5, 5.41) is 21.9. The van der Waals surface area contributed by atoms with Gasteiger partial charge in [-0.15, -0.1) is 0 Å². The quantitative estimate of drug-likeness (QED) is 0.613. The molecular weight excluding hydrogens is 228 g/mol. The van der Waals surface area contributed by atoms with E-state index in [4.69, 9.17) is 5.11 Å². The van der Waals surface area contributed by atoms with E-state index in [9.17, 15) is 19.7 Å². The van der Waals surface area contributed by atoms with E-state index in [1.165, 1.54) is 19.9 Å². The number of nitro benzene ring substituents is 1. The minimum atomic E-state index is -1.29. The van der Waals surface area contributed by atoms with Crippen LogP contribution in [0.4, 0.5) is 11.4 Å². The zero-order chi connectivity index (χ0) is 13.2. The minimum Gasteiger partial charge on any atom is -0.478 e. The number of anilines is 1. The fourth-order valence-electron chi connectivity index (χ4n) is 1.33. The zero-order valence-corrected chi connectivity index (χ0v) is 9.18. The van der Waals surface area contributed by atoms with E-state index in [0.717, 1.165) is 6.07 Å². The van der Waals surface area contributed by atoms with E-state index < -0.39 is 16.8 Å². The van der Waals surface area contributed by atoms with Gasteiger partial charge in [-0.25, -0.2) is 4.79 Å². The summed E-state index contributed by atoms with van der Waals surface area (Å²) in [4.78, 5) is 31.7. The van der Waals surface area contributed by atoms with Gasteiger partial charge in [0.1, 0.15) is 0 Å². The van der Waals surface area contributed by atoms with E-state index >= 15 is 0 Å². The summed E-state index contributed by atoms with van der Waals surface area (Å²) in [5.74, 6) is -1.72. The summed E-state index contributed by atoms with van der Waals surface area (Å²) in [6.45, 7) is 2.67. The molecule has 0 aliphatic heterocycles. The van der Waals surface area contributed by atoms with Crippen LogP contribution in [0.5, 0.6) is 0 Å². The Balaban J connectivity index is 3.42. The number of nitrogens with one attached hydrogen (secondary N) is 1. The highest BCUT2D eigenvalue weighted by Crippen LogP contribution is 2.27. The van der Waals surface area contributed by atoms with Gasteiger partial charge in [0.15, 0.2) is 0 Å². The van der Waals surface area contributed by atoms with E-state index in [2.05, 4.69) is 5.32 Å². The maximum Gasteiger partial charge on any atom is 0.336 e. The number of nitrogens with zero attached hydrogens (tertiary/aromatic N) is 1. The molecule has 0 aromatic heterocycles. The van der Waals surface area contributed by atoms with Gasteiger partial charge in [-0.3, -0.25) is 14.9 Å². The lowest BCUT2D eigenvalue weighted by Gasteiger charge is -2.08. The maximum atomic E-state index is 10.9. The SMILES string of the molecule is CC(=O)Nc1cc(C(=O)O)cc([N+](=O)[O-])c1C. The molecule has 0 heterocycles. The first-order chi connectivity index (χ1) is 7.82.